The molecule has 1 aliphatic rings. The monoisotopic (exact) mass is 281 g/mol. The predicted molar refractivity (Wildman–Crippen MR) is 78.1 cm³/mol. The van der Waals surface area contributed by atoms with Gasteiger partial charge in [-0.1, -0.05) is 31.5 Å². The summed E-state index contributed by atoms with van der Waals surface area (Å²) in [6, 6.07) is 0.352. The van der Waals surface area contributed by atoms with Crippen LogP contribution in [0.5, 0.6) is 0 Å². The summed E-state index contributed by atoms with van der Waals surface area (Å²) < 4.78 is 1.94. The van der Waals surface area contributed by atoms with Gasteiger partial charge in [-0.2, -0.15) is 0 Å². The van der Waals surface area contributed by atoms with Gasteiger partial charge in [-0.25, -0.2) is 4.98 Å². The summed E-state index contributed by atoms with van der Waals surface area (Å²) in [4.78, 5) is 16.5. The molecule has 1 fully saturated rings. The third-order valence-corrected chi connectivity index (χ3v) is 5.04. The quantitative estimate of drug-likeness (QED) is 0.863. The van der Waals surface area contributed by atoms with Crippen molar-refractivity contribution < 1.29 is 4.79 Å². The minimum Gasteiger partial charge on any atom is -0.352 e. The molecule has 5 heteroatoms. The van der Waals surface area contributed by atoms with Gasteiger partial charge in [-0.3, -0.25) is 4.79 Å². The summed E-state index contributed by atoms with van der Waals surface area (Å²) in [5.41, 5.74) is 0. The molecule has 3 atom stereocenters. The second-order valence-corrected chi connectivity index (χ2v) is 6.77. The van der Waals surface area contributed by atoms with Crippen molar-refractivity contribution in [2.45, 2.75) is 56.0 Å². The number of aromatic nitrogens is 2. The topological polar surface area (TPSA) is 46.9 Å². The maximum absolute atomic E-state index is 12.2. The largest absolute Gasteiger partial charge is 0.352 e. The standard InChI is InChI=1S/C14H23N3OS/c1-10-6-4-5-7-12(10)16-13(18)11(2)19-14-15-8-9-17(14)3/h8-12H,4-7H2,1-3H3,(H,16,18)/t10-,11+,12-/m1/s1. The highest BCUT2D eigenvalue weighted by atomic mass is 32.2. The molecule has 0 unspecified atom stereocenters. The zero-order chi connectivity index (χ0) is 13.8. The Morgan fingerprint density at radius 3 is 2.89 bits per heavy atom. The van der Waals surface area contributed by atoms with E-state index in [0.29, 0.717) is 12.0 Å². The Labute approximate surface area is 119 Å². The fourth-order valence-corrected chi connectivity index (χ4v) is 3.35. The van der Waals surface area contributed by atoms with E-state index in [1.165, 1.54) is 31.0 Å². The fourth-order valence-electron chi connectivity index (χ4n) is 2.51. The van der Waals surface area contributed by atoms with Crippen molar-refractivity contribution in [3.8, 4) is 0 Å². The van der Waals surface area contributed by atoms with Gasteiger partial charge in [0.05, 0.1) is 5.25 Å². The normalized spacial score (nSPS) is 25.0. The number of hydrogen-bond acceptors (Lipinski definition) is 3. The van der Waals surface area contributed by atoms with Gasteiger partial charge < -0.3 is 9.88 Å². The van der Waals surface area contributed by atoms with Gasteiger partial charge in [0.2, 0.25) is 5.91 Å². The Kier molecular flexibility index (Phi) is 4.91. The molecule has 1 amide bonds. The molecule has 0 aromatic carbocycles. The molecular weight excluding hydrogens is 258 g/mol. The molecule has 1 aromatic rings. The van der Waals surface area contributed by atoms with Gasteiger partial charge in [0.15, 0.2) is 5.16 Å². The molecule has 0 radical (unpaired) electrons. The Balaban J connectivity index is 1.87. The molecule has 1 aliphatic carbocycles. The SMILES string of the molecule is C[C@H](Sc1nccn1C)C(=O)N[C@@H]1CCCC[C@H]1C. The number of nitrogens with zero attached hydrogens (tertiary/aromatic N) is 2. The van der Waals surface area contributed by atoms with E-state index in [1.807, 2.05) is 24.7 Å². The number of thioether (sulfide) groups is 1. The van der Waals surface area contributed by atoms with Crippen molar-refractivity contribution >= 4 is 17.7 Å². The van der Waals surface area contributed by atoms with Crippen molar-refractivity contribution in [1.29, 1.82) is 0 Å². The second kappa shape index (κ2) is 6.46. The summed E-state index contributed by atoms with van der Waals surface area (Å²) in [5, 5.41) is 3.99. The minimum atomic E-state index is -0.102. The van der Waals surface area contributed by atoms with E-state index in [2.05, 4.69) is 17.2 Å². The summed E-state index contributed by atoms with van der Waals surface area (Å²) in [7, 11) is 1.95. The molecule has 1 saturated carbocycles. The number of nitrogens with one attached hydrogen (secondary N) is 1. The van der Waals surface area contributed by atoms with E-state index < -0.39 is 0 Å². The predicted octanol–water partition coefficient (Wildman–Crippen LogP) is 2.60. The second-order valence-electron chi connectivity index (χ2n) is 5.46. The molecule has 1 N–H and O–H groups in total. The molecular formula is C14H23N3OS. The lowest BCUT2D eigenvalue weighted by Crippen LogP contribution is -2.44. The number of carbonyl (C=O) groups excluding carboxylic acids is 1. The van der Waals surface area contributed by atoms with Gasteiger partial charge in [-0.05, 0) is 25.7 Å². The first-order chi connectivity index (χ1) is 9.08. The lowest BCUT2D eigenvalue weighted by atomic mass is 9.86. The number of rotatable bonds is 4. The molecule has 4 nitrogen and oxygen atoms in total. The summed E-state index contributed by atoms with van der Waals surface area (Å²) >= 11 is 1.51. The van der Waals surface area contributed by atoms with E-state index in [-0.39, 0.29) is 11.2 Å². The number of carbonyl (C=O) groups is 1. The van der Waals surface area contributed by atoms with E-state index in [0.717, 1.165) is 11.6 Å². The Morgan fingerprint density at radius 1 is 1.53 bits per heavy atom. The zero-order valence-corrected chi connectivity index (χ0v) is 12.7. The van der Waals surface area contributed by atoms with E-state index >= 15 is 0 Å². The van der Waals surface area contributed by atoms with E-state index in [9.17, 15) is 4.79 Å². The van der Waals surface area contributed by atoms with Crippen LogP contribution in [0, 0.1) is 5.92 Å². The smallest absolute Gasteiger partial charge is 0.233 e. The van der Waals surface area contributed by atoms with Crippen molar-refractivity contribution in [2.24, 2.45) is 13.0 Å². The van der Waals surface area contributed by atoms with Gasteiger partial charge in [0, 0.05) is 25.5 Å². The van der Waals surface area contributed by atoms with Crippen LogP contribution in [-0.2, 0) is 11.8 Å². The van der Waals surface area contributed by atoms with Gasteiger partial charge >= 0.3 is 0 Å². The van der Waals surface area contributed by atoms with Crippen molar-refractivity contribution in [1.82, 2.24) is 14.9 Å². The maximum atomic E-state index is 12.2. The highest BCUT2D eigenvalue weighted by Crippen LogP contribution is 2.25. The molecule has 0 aliphatic heterocycles. The Bertz CT molecular complexity index is 432. The molecule has 0 bridgehead atoms. The molecule has 2 rings (SSSR count). The molecule has 1 aromatic heterocycles. The van der Waals surface area contributed by atoms with Gasteiger partial charge in [-0.15, -0.1) is 0 Å². The van der Waals surface area contributed by atoms with Crippen LogP contribution in [0.25, 0.3) is 0 Å². The van der Waals surface area contributed by atoms with Crippen LogP contribution >= 0.6 is 11.8 Å². The molecule has 106 valence electrons. The first-order valence-corrected chi connectivity index (χ1v) is 7.90. The molecule has 0 spiro atoms. The zero-order valence-electron chi connectivity index (χ0n) is 11.9. The number of amides is 1. The summed E-state index contributed by atoms with van der Waals surface area (Å²) in [6.45, 7) is 4.18. The maximum Gasteiger partial charge on any atom is 0.233 e. The Hall–Kier alpha value is -0.970. The van der Waals surface area contributed by atoms with Crippen LogP contribution in [0.2, 0.25) is 0 Å². The number of imidazole rings is 1. The van der Waals surface area contributed by atoms with Crippen LogP contribution in [0.1, 0.15) is 39.5 Å². The Morgan fingerprint density at radius 2 is 2.26 bits per heavy atom. The summed E-state index contributed by atoms with van der Waals surface area (Å²) in [5.74, 6) is 0.731. The summed E-state index contributed by atoms with van der Waals surface area (Å²) in [6.07, 6.45) is 8.53. The minimum absolute atomic E-state index is 0.102. The fraction of sp³-hybridized carbons (Fsp3) is 0.714. The van der Waals surface area contributed by atoms with Crippen molar-refractivity contribution in [3.63, 3.8) is 0 Å². The number of hydrogen-bond donors (Lipinski definition) is 1. The third-order valence-electron chi connectivity index (χ3n) is 3.87. The van der Waals surface area contributed by atoms with Crippen LogP contribution in [-0.4, -0.2) is 26.8 Å². The van der Waals surface area contributed by atoms with Gasteiger partial charge in [0.1, 0.15) is 0 Å². The van der Waals surface area contributed by atoms with Crippen LogP contribution in [0.4, 0.5) is 0 Å². The lowest BCUT2D eigenvalue weighted by molar-refractivity contribution is -0.121. The van der Waals surface area contributed by atoms with Crippen LogP contribution in [0.3, 0.4) is 0 Å². The molecule has 1 heterocycles. The van der Waals surface area contributed by atoms with E-state index in [4.69, 9.17) is 0 Å². The first kappa shape index (κ1) is 14.4. The third kappa shape index (κ3) is 3.75. The molecule has 0 saturated heterocycles. The first-order valence-electron chi connectivity index (χ1n) is 7.02. The van der Waals surface area contributed by atoms with Crippen molar-refractivity contribution in [2.75, 3.05) is 0 Å². The number of aryl methyl sites for hydroxylation is 1. The van der Waals surface area contributed by atoms with Crippen LogP contribution < -0.4 is 5.32 Å². The van der Waals surface area contributed by atoms with E-state index in [1.54, 1.807) is 6.20 Å². The van der Waals surface area contributed by atoms with Crippen LogP contribution in [0.15, 0.2) is 17.6 Å². The average Bonchev–Trinajstić information content (AvgIpc) is 2.78. The van der Waals surface area contributed by atoms with Crippen molar-refractivity contribution in [3.05, 3.63) is 12.4 Å². The molecule has 19 heavy (non-hydrogen) atoms. The highest BCUT2D eigenvalue weighted by Gasteiger charge is 2.25. The van der Waals surface area contributed by atoms with Gasteiger partial charge in [0.25, 0.3) is 0 Å². The highest BCUT2D eigenvalue weighted by molar-refractivity contribution is 8.00. The lowest BCUT2D eigenvalue weighted by Gasteiger charge is -2.30. The average molecular weight is 281 g/mol.